The quantitative estimate of drug-likeness (QED) is 0.241. The van der Waals surface area contributed by atoms with Crippen molar-refractivity contribution in [3.63, 3.8) is 0 Å². The zero-order valence-corrected chi connectivity index (χ0v) is 21.1. The Morgan fingerprint density at radius 2 is 1.94 bits per heavy atom. The first-order chi connectivity index (χ1) is 17.0. The lowest BCUT2D eigenvalue weighted by molar-refractivity contribution is 0.176. The van der Waals surface area contributed by atoms with Crippen LogP contribution in [0.5, 0.6) is 5.75 Å². The van der Waals surface area contributed by atoms with Gasteiger partial charge in [0.2, 0.25) is 0 Å². The van der Waals surface area contributed by atoms with Crippen LogP contribution in [0, 0.1) is 6.92 Å². The molecule has 0 spiro atoms. The minimum atomic E-state index is -0.445. The lowest BCUT2D eigenvalue weighted by Crippen LogP contribution is -2.06. The fourth-order valence-corrected chi connectivity index (χ4v) is 4.52. The minimum absolute atomic E-state index is 0.445. The Kier molecular flexibility index (Phi) is 7.93. The van der Waals surface area contributed by atoms with Crippen molar-refractivity contribution in [3.05, 3.63) is 77.2 Å². The van der Waals surface area contributed by atoms with E-state index in [9.17, 15) is 5.11 Å². The predicted molar refractivity (Wildman–Crippen MR) is 145 cm³/mol. The van der Waals surface area contributed by atoms with E-state index in [2.05, 4.69) is 71.8 Å². The number of aromatic nitrogens is 2. The van der Waals surface area contributed by atoms with Gasteiger partial charge in [-0.15, -0.1) is 0 Å². The van der Waals surface area contributed by atoms with Crippen molar-refractivity contribution >= 4 is 28.0 Å². The third-order valence-electron chi connectivity index (χ3n) is 6.26. The summed E-state index contributed by atoms with van der Waals surface area (Å²) in [7, 11) is 1.69. The fourth-order valence-electron chi connectivity index (χ4n) is 4.52. The Morgan fingerprint density at radius 1 is 1.11 bits per heavy atom. The summed E-state index contributed by atoms with van der Waals surface area (Å²) in [5.74, 6) is 0.862. The van der Waals surface area contributed by atoms with Crippen LogP contribution in [0.15, 0.2) is 54.9 Å². The molecule has 1 atom stereocenters. The molecule has 1 unspecified atom stereocenters. The standard InChI is InChI=1S/C26H28N4O2.C3H8/c1-16-13-18(30-23-10-12-28-26-21(23)6-8-25(26)31)3-7-22(16)27-11-9-17-15-29-24-14-19(32-2)4-5-20(17)24;1-3-2/h3-5,7,10,12-15,25,27,29,31H,6,8-9,11H2,1-2H3,(H,28,30);3H2,1-2H3. The molecule has 0 saturated carbocycles. The maximum absolute atomic E-state index is 10.1. The molecule has 0 amide bonds. The molecule has 2 heterocycles. The van der Waals surface area contributed by atoms with E-state index in [4.69, 9.17) is 4.74 Å². The normalized spacial score (nSPS) is 14.3. The Bertz CT molecular complexity index is 1280. The monoisotopic (exact) mass is 472 g/mol. The molecular weight excluding hydrogens is 436 g/mol. The summed E-state index contributed by atoms with van der Waals surface area (Å²) < 4.78 is 5.31. The maximum Gasteiger partial charge on any atom is 0.120 e. The molecule has 0 fully saturated rings. The van der Waals surface area contributed by atoms with Crippen molar-refractivity contribution in [1.82, 2.24) is 9.97 Å². The van der Waals surface area contributed by atoms with Crippen LogP contribution in [0.25, 0.3) is 10.9 Å². The summed E-state index contributed by atoms with van der Waals surface area (Å²) in [5, 5.41) is 18.4. The Morgan fingerprint density at radius 3 is 2.71 bits per heavy atom. The van der Waals surface area contributed by atoms with Crippen LogP contribution in [0.4, 0.5) is 17.1 Å². The highest BCUT2D eigenvalue weighted by Crippen LogP contribution is 2.35. The van der Waals surface area contributed by atoms with Crippen LogP contribution < -0.4 is 15.4 Å². The van der Waals surface area contributed by atoms with Gasteiger partial charge >= 0.3 is 0 Å². The second kappa shape index (κ2) is 11.3. The van der Waals surface area contributed by atoms with Crippen LogP contribution in [-0.4, -0.2) is 28.7 Å². The largest absolute Gasteiger partial charge is 0.497 e. The molecule has 6 nitrogen and oxygen atoms in total. The number of aliphatic hydroxyl groups is 1. The zero-order valence-electron chi connectivity index (χ0n) is 21.1. The number of fused-ring (bicyclic) bond motifs is 2. The average Bonchev–Trinajstić information content (AvgIpc) is 3.44. The van der Waals surface area contributed by atoms with Gasteiger partial charge in [-0.05, 0) is 79.3 Å². The summed E-state index contributed by atoms with van der Waals surface area (Å²) in [6.07, 6.45) is 7.17. The Labute approximate surface area is 207 Å². The number of pyridine rings is 1. The summed E-state index contributed by atoms with van der Waals surface area (Å²) in [6, 6.07) is 14.5. The number of hydrogen-bond donors (Lipinski definition) is 4. The van der Waals surface area contributed by atoms with Crippen molar-refractivity contribution < 1.29 is 9.84 Å². The Hall–Kier alpha value is -3.51. The van der Waals surface area contributed by atoms with E-state index >= 15 is 0 Å². The van der Waals surface area contributed by atoms with E-state index in [1.54, 1.807) is 13.3 Å². The smallest absolute Gasteiger partial charge is 0.120 e. The molecule has 6 heteroatoms. The third-order valence-corrected chi connectivity index (χ3v) is 6.26. The number of aromatic amines is 1. The van der Waals surface area contributed by atoms with Gasteiger partial charge in [-0.1, -0.05) is 20.3 Å². The minimum Gasteiger partial charge on any atom is -0.497 e. The van der Waals surface area contributed by atoms with Gasteiger partial charge in [-0.3, -0.25) is 4.98 Å². The van der Waals surface area contributed by atoms with Crippen molar-refractivity contribution in [2.24, 2.45) is 0 Å². The van der Waals surface area contributed by atoms with Crippen LogP contribution in [-0.2, 0) is 12.8 Å². The molecule has 0 radical (unpaired) electrons. The summed E-state index contributed by atoms with van der Waals surface area (Å²) >= 11 is 0. The lowest BCUT2D eigenvalue weighted by atomic mass is 10.1. The van der Waals surface area contributed by atoms with Crippen LogP contribution in [0.1, 0.15) is 55.2 Å². The van der Waals surface area contributed by atoms with Crippen molar-refractivity contribution in [2.45, 2.75) is 52.6 Å². The molecule has 184 valence electrons. The van der Waals surface area contributed by atoms with E-state index in [1.165, 1.54) is 22.9 Å². The topological polar surface area (TPSA) is 82.2 Å². The molecule has 4 N–H and O–H groups in total. The molecule has 0 aliphatic heterocycles. The number of aliphatic hydroxyl groups excluding tert-OH is 1. The molecule has 5 rings (SSSR count). The third kappa shape index (κ3) is 5.60. The molecule has 0 saturated heterocycles. The number of anilines is 3. The summed E-state index contributed by atoms with van der Waals surface area (Å²) in [5.41, 5.74) is 8.70. The number of methoxy groups -OCH3 is 1. The van der Waals surface area contributed by atoms with Gasteiger partial charge in [-0.25, -0.2) is 0 Å². The highest BCUT2D eigenvalue weighted by Gasteiger charge is 2.24. The predicted octanol–water partition coefficient (Wildman–Crippen LogP) is 6.67. The molecular formula is C29H36N4O2. The van der Waals surface area contributed by atoms with Gasteiger partial charge in [0, 0.05) is 53.0 Å². The SMILES string of the molecule is CCC.COc1ccc2c(CCNc3ccc(Nc4ccnc5c4CCC5O)cc3C)c[nH]c2c1. The Balaban J connectivity index is 0.000000917. The van der Waals surface area contributed by atoms with Gasteiger partial charge in [0.05, 0.1) is 18.9 Å². The van der Waals surface area contributed by atoms with Crippen molar-refractivity contribution in [3.8, 4) is 5.75 Å². The number of nitrogens with one attached hydrogen (secondary N) is 3. The second-order valence-corrected chi connectivity index (χ2v) is 9.04. The molecule has 0 bridgehead atoms. The first-order valence-corrected chi connectivity index (χ1v) is 12.4. The fraction of sp³-hybridized carbons (Fsp3) is 0.345. The number of rotatable bonds is 7. The molecule has 1 aliphatic carbocycles. The highest BCUT2D eigenvalue weighted by atomic mass is 16.5. The molecule has 1 aliphatic rings. The van der Waals surface area contributed by atoms with Crippen molar-refractivity contribution in [1.29, 1.82) is 0 Å². The molecule has 2 aromatic carbocycles. The lowest BCUT2D eigenvalue weighted by Gasteiger charge is -2.14. The number of ether oxygens (including phenoxy) is 1. The first-order valence-electron chi connectivity index (χ1n) is 12.4. The van der Waals surface area contributed by atoms with Gasteiger partial charge in [0.25, 0.3) is 0 Å². The zero-order chi connectivity index (χ0) is 24.8. The molecule has 2 aromatic heterocycles. The van der Waals surface area contributed by atoms with E-state index in [-0.39, 0.29) is 0 Å². The van der Waals surface area contributed by atoms with Crippen LogP contribution >= 0.6 is 0 Å². The summed E-state index contributed by atoms with van der Waals surface area (Å²) in [4.78, 5) is 7.69. The van der Waals surface area contributed by atoms with E-state index < -0.39 is 6.10 Å². The van der Waals surface area contributed by atoms with Gasteiger partial charge in [0.1, 0.15) is 5.75 Å². The van der Waals surface area contributed by atoms with Crippen LogP contribution in [0.2, 0.25) is 0 Å². The number of H-pyrrole nitrogens is 1. The van der Waals surface area contributed by atoms with Gasteiger partial charge < -0.3 is 25.5 Å². The second-order valence-electron chi connectivity index (χ2n) is 9.04. The van der Waals surface area contributed by atoms with E-state index in [1.807, 2.05) is 18.2 Å². The van der Waals surface area contributed by atoms with E-state index in [0.717, 1.165) is 65.4 Å². The van der Waals surface area contributed by atoms with E-state index in [0.29, 0.717) is 0 Å². The van der Waals surface area contributed by atoms with Gasteiger partial charge in [0.15, 0.2) is 0 Å². The first kappa shape index (κ1) is 24.6. The average molecular weight is 473 g/mol. The van der Waals surface area contributed by atoms with Crippen LogP contribution in [0.3, 0.4) is 0 Å². The number of nitrogens with zero attached hydrogens (tertiary/aromatic N) is 1. The summed E-state index contributed by atoms with van der Waals surface area (Å²) in [6.45, 7) is 7.22. The van der Waals surface area contributed by atoms with Gasteiger partial charge in [-0.2, -0.15) is 0 Å². The number of aryl methyl sites for hydroxylation is 1. The number of hydrogen-bond acceptors (Lipinski definition) is 5. The molecule has 4 aromatic rings. The number of benzene rings is 2. The molecule has 35 heavy (non-hydrogen) atoms. The maximum atomic E-state index is 10.1. The highest BCUT2D eigenvalue weighted by molar-refractivity contribution is 5.84. The van der Waals surface area contributed by atoms with Crippen molar-refractivity contribution in [2.75, 3.05) is 24.3 Å².